The van der Waals surface area contributed by atoms with Crippen LogP contribution in [0.5, 0.6) is 5.75 Å². The minimum Gasteiger partial charge on any atom is -0.493 e. The third kappa shape index (κ3) is 3.96. The lowest BCUT2D eigenvalue weighted by atomic mass is 9.92. The zero-order chi connectivity index (χ0) is 14.4. The van der Waals surface area contributed by atoms with Crippen molar-refractivity contribution in [3.63, 3.8) is 0 Å². The van der Waals surface area contributed by atoms with E-state index in [1.165, 1.54) is 12.1 Å². The van der Waals surface area contributed by atoms with E-state index in [1.54, 1.807) is 7.11 Å². The maximum absolute atomic E-state index is 5.47. The average molecular weight is 267 g/mol. The van der Waals surface area contributed by atoms with Crippen molar-refractivity contribution in [2.45, 2.75) is 53.0 Å². The largest absolute Gasteiger partial charge is 0.493 e. The molecule has 0 amide bonds. The Morgan fingerprint density at radius 2 is 2.00 bits per heavy atom. The van der Waals surface area contributed by atoms with Crippen LogP contribution in [0.2, 0.25) is 0 Å². The smallest absolute Gasteiger partial charge is 0.160 e. The summed E-state index contributed by atoms with van der Waals surface area (Å²) in [4.78, 5) is 0. The Bertz CT molecular complexity index is 373. The van der Waals surface area contributed by atoms with Crippen LogP contribution in [-0.4, -0.2) is 30.0 Å². The molecule has 0 aliphatic rings. The monoisotopic (exact) mass is 267 g/mol. The Morgan fingerprint density at radius 3 is 2.53 bits per heavy atom. The summed E-state index contributed by atoms with van der Waals surface area (Å²) in [5.41, 5.74) is 1.21. The highest BCUT2D eigenvalue weighted by Crippen LogP contribution is 2.33. The molecule has 1 aromatic heterocycles. The first-order chi connectivity index (χ1) is 9.02. The molecule has 0 saturated carbocycles. The Labute approximate surface area is 117 Å². The van der Waals surface area contributed by atoms with E-state index in [4.69, 9.17) is 4.74 Å². The second kappa shape index (κ2) is 7.53. The van der Waals surface area contributed by atoms with E-state index in [0.29, 0.717) is 17.9 Å². The number of nitrogens with zero attached hydrogens (tertiary/aromatic N) is 2. The van der Waals surface area contributed by atoms with Gasteiger partial charge in [0.25, 0.3) is 0 Å². The van der Waals surface area contributed by atoms with Gasteiger partial charge in [-0.1, -0.05) is 20.8 Å². The fraction of sp³-hybridized carbons (Fsp3) is 0.800. The van der Waals surface area contributed by atoms with Crippen LogP contribution in [0.1, 0.15) is 58.7 Å². The van der Waals surface area contributed by atoms with Crippen molar-refractivity contribution in [3.05, 3.63) is 11.9 Å². The topological polar surface area (TPSA) is 39.1 Å². The minimum absolute atomic E-state index is 0.358. The van der Waals surface area contributed by atoms with Crippen molar-refractivity contribution in [1.29, 1.82) is 0 Å². The first-order valence-corrected chi connectivity index (χ1v) is 7.34. The lowest BCUT2D eigenvalue weighted by molar-refractivity contribution is 0.370. The molecule has 0 radical (unpaired) electrons. The van der Waals surface area contributed by atoms with Crippen molar-refractivity contribution in [1.82, 2.24) is 15.1 Å². The lowest BCUT2D eigenvalue weighted by Crippen LogP contribution is -2.26. The quantitative estimate of drug-likeness (QED) is 0.735. The van der Waals surface area contributed by atoms with Gasteiger partial charge >= 0.3 is 0 Å². The zero-order valence-electron chi connectivity index (χ0n) is 13.2. The number of ether oxygens (including phenoxy) is 1. The number of aromatic nitrogens is 2. The van der Waals surface area contributed by atoms with Crippen molar-refractivity contribution in [3.8, 4) is 5.75 Å². The highest BCUT2D eigenvalue weighted by molar-refractivity contribution is 5.29. The van der Waals surface area contributed by atoms with Gasteiger partial charge in [-0.25, -0.2) is 0 Å². The van der Waals surface area contributed by atoms with E-state index in [1.807, 2.05) is 6.20 Å². The molecule has 0 spiro atoms. The number of methoxy groups -OCH3 is 1. The summed E-state index contributed by atoms with van der Waals surface area (Å²) >= 11 is 0. The number of hydrogen-bond acceptors (Lipinski definition) is 3. The summed E-state index contributed by atoms with van der Waals surface area (Å²) in [6.45, 7) is 13.2. The van der Waals surface area contributed by atoms with Gasteiger partial charge in [-0.05, 0) is 39.3 Å². The molecule has 0 bridgehead atoms. The molecule has 19 heavy (non-hydrogen) atoms. The van der Waals surface area contributed by atoms with Crippen molar-refractivity contribution >= 4 is 0 Å². The van der Waals surface area contributed by atoms with Gasteiger partial charge in [0, 0.05) is 12.0 Å². The molecule has 1 heterocycles. The summed E-state index contributed by atoms with van der Waals surface area (Å²) < 4.78 is 7.55. The minimum atomic E-state index is 0.358. The van der Waals surface area contributed by atoms with Gasteiger partial charge in [0.1, 0.15) is 0 Å². The van der Waals surface area contributed by atoms with Crippen LogP contribution in [0.3, 0.4) is 0 Å². The highest BCUT2D eigenvalue weighted by atomic mass is 16.5. The van der Waals surface area contributed by atoms with E-state index in [9.17, 15) is 0 Å². The van der Waals surface area contributed by atoms with Crippen LogP contribution in [0, 0.1) is 5.92 Å². The van der Waals surface area contributed by atoms with Crippen molar-refractivity contribution in [2.24, 2.45) is 5.92 Å². The molecule has 0 aliphatic carbocycles. The van der Waals surface area contributed by atoms with Gasteiger partial charge in [-0.2, -0.15) is 5.10 Å². The maximum atomic E-state index is 5.47. The van der Waals surface area contributed by atoms with E-state index in [0.717, 1.165) is 18.8 Å². The summed E-state index contributed by atoms with van der Waals surface area (Å²) in [6, 6.07) is 0.358. The third-order valence-corrected chi connectivity index (χ3v) is 3.69. The Balaban J connectivity index is 2.84. The maximum Gasteiger partial charge on any atom is 0.160 e. The third-order valence-electron chi connectivity index (χ3n) is 3.69. The molecular formula is C15H29N3O. The van der Waals surface area contributed by atoms with Gasteiger partial charge < -0.3 is 10.1 Å². The van der Waals surface area contributed by atoms with Crippen LogP contribution < -0.4 is 10.1 Å². The summed E-state index contributed by atoms with van der Waals surface area (Å²) in [5.74, 6) is 1.88. The molecule has 4 nitrogen and oxygen atoms in total. The van der Waals surface area contributed by atoms with Gasteiger partial charge in [0.05, 0.1) is 19.0 Å². The second-order valence-corrected chi connectivity index (χ2v) is 5.61. The molecule has 2 unspecified atom stereocenters. The van der Waals surface area contributed by atoms with E-state index >= 15 is 0 Å². The summed E-state index contributed by atoms with van der Waals surface area (Å²) in [7, 11) is 1.72. The number of rotatable bonds is 8. The van der Waals surface area contributed by atoms with Crippen molar-refractivity contribution < 1.29 is 4.74 Å². The molecule has 4 heteroatoms. The van der Waals surface area contributed by atoms with Gasteiger partial charge in [-0.15, -0.1) is 0 Å². The van der Waals surface area contributed by atoms with Crippen LogP contribution in [-0.2, 0) is 0 Å². The fourth-order valence-corrected chi connectivity index (χ4v) is 2.31. The Kier molecular flexibility index (Phi) is 6.35. The fourth-order valence-electron chi connectivity index (χ4n) is 2.31. The predicted molar refractivity (Wildman–Crippen MR) is 79.9 cm³/mol. The average Bonchev–Trinajstić information content (AvgIpc) is 2.81. The summed E-state index contributed by atoms with van der Waals surface area (Å²) in [6.07, 6.45) is 3.01. The molecule has 2 atom stereocenters. The Morgan fingerprint density at radius 1 is 1.32 bits per heavy atom. The van der Waals surface area contributed by atoms with Crippen LogP contribution in [0.4, 0.5) is 0 Å². The van der Waals surface area contributed by atoms with E-state index in [2.05, 4.69) is 49.7 Å². The van der Waals surface area contributed by atoms with E-state index in [-0.39, 0.29) is 0 Å². The first-order valence-electron chi connectivity index (χ1n) is 7.34. The molecule has 110 valence electrons. The normalized spacial score (nSPS) is 14.7. The van der Waals surface area contributed by atoms with Crippen molar-refractivity contribution in [2.75, 3.05) is 20.2 Å². The molecule has 1 N–H and O–H groups in total. The molecule has 1 aromatic rings. The molecule has 1 rings (SSSR count). The SMILES string of the molecule is CCCNCC(C)C(C)c1c(OC)cnn1C(C)C. The van der Waals surface area contributed by atoms with Gasteiger partial charge in [0.2, 0.25) is 0 Å². The standard InChI is InChI=1S/C15H29N3O/c1-7-8-16-9-12(4)13(5)15-14(19-6)10-17-18(15)11(2)3/h10-13,16H,7-9H2,1-6H3. The zero-order valence-corrected chi connectivity index (χ0v) is 13.2. The van der Waals surface area contributed by atoms with Crippen LogP contribution >= 0.6 is 0 Å². The first kappa shape index (κ1) is 16.0. The van der Waals surface area contributed by atoms with Crippen LogP contribution in [0.15, 0.2) is 6.20 Å². The highest BCUT2D eigenvalue weighted by Gasteiger charge is 2.24. The molecule has 0 aliphatic heterocycles. The molecule has 0 fully saturated rings. The second-order valence-electron chi connectivity index (χ2n) is 5.61. The number of hydrogen-bond donors (Lipinski definition) is 1. The lowest BCUT2D eigenvalue weighted by Gasteiger charge is -2.23. The molecular weight excluding hydrogens is 238 g/mol. The number of nitrogens with one attached hydrogen (secondary N) is 1. The van der Waals surface area contributed by atoms with E-state index < -0.39 is 0 Å². The Hall–Kier alpha value is -1.03. The predicted octanol–water partition coefficient (Wildman–Crippen LogP) is 3.21. The van der Waals surface area contributed by atoms with Gasteiger partial charge in [-0.3, -0.25) is 4.68 Å². The summed E-state index contributed by atoms with van der Waals surface area (Å²) in [5, 5.41) is 7.95. The van der Waals surface area contributed by atoms with Gasteiger partial charge in [0.15, 0.2) is 5.75 Å². The molecule has 0 saturated heterocycles. The van der Waals surface area contributed by atoms with Crippen LogP contribution in [0.25, 0.3) is 0 Å². The molecule has 0 aromatic carbocycles.